The molecule has 1 aliphatic rings. The molecule has 1 aromatic heterocycles. The van der Waals surface area contributed by atoms with Gasteiger partial charge in [-0.05, 0) is 39.8 Å². The fourth-order valence-corrected chi connectivity index (χ4v) is 2.55. The van der Waals surface area contributed by atoms with Crippen LogP contribution in [0.5, 0.6) is 6.01 Å². The van der Waals surface area contributed by atoms with Crippen molar-refractivity contribution in [2.75, 3.05) is 7.11 Å². The Balaban J connectivity index is 2.03. The van der Waals surface area contributed by atoms with Gasteiger partial charge in [-0.2, -0.15) is 5.26 Å². The SMILES string of the molecule is COc1nc(B2OC(C)(C)C(C)(C)O2)cn1-c1ccccc1C#N. The van der Waals surface area contributed by atoms with Gasteiger partial charge in [0, 0.05) is 6.20 Å². The summed E-state index contributed by atoms with van der Waals surface area (Å²) in [6.07, 6.45) is 1.79. The zero-order valence-corrected chi connectivity index (χ0v) is 14.5. The zero-order valence-electron chi connectivity index (χ0n) is 14.5. The third-order valence-corrected chi connectivity index (χ3v) is 4.65. The maximum atomic E-state index is 9.32. The lowest BCUT2D eigenvalue weighted by molar-refractivity contribution is 0.00578. The molecule has 6 nitrogen and oxygen atoms in total. The van der Waals surface area contributed by atoms with Crippen molar-refractivity contribution in [1.82, 2.24) is 9.55 Å². The molecular weight excluding hydrogens is 305 g/mol. The van der Waals surface area contributed by atoms with Crippen molar-refractivity contribution >= 4 is 12.7 Å². The molecule has 0 N–H and O–H groups in total. The number of ether oxygens (including phenoxy) is 1. The smallest absolute Gasteiger partial charge is 0.468 e. The average molecular weight is 325 g/mol. The molecule has 124 valence electrons. The minimum Gasteiger partial charge on any atom is -0.468 e. The molecule has 0 aliphatic carbocycles. The lowest BCUT2D eigenvalue weighted by atomic mass is 9.86. The summed E-state index contributed by atoms with van der Waals surface area (Å²) in [6.45, 7) is 7.97. The van der Waals surface area contributed by atoms with Crippen molar-refractivity contribution in [3.8, 4) is 17.8 Å². The van der Waals surface area contributed by atoms with Crippen LogP contribution in [0.3, 0.4) is 0 Å². The van der Waals surface area contributed by atoms with Crippen molar-refractivity contribution in [1.29, 1.82) is 5.26 Å². The summed E-state index contributed by atoms with van der Waals surface area (Å²) in [5.41, 5.74) is 0.956. The van der Waals surface area contributed by atoms with E-state index in [0.717, 1.165) is 0 Å². The molecule has 0 bridgehead atoms. The van der Waals surface area contributed by atoms with Crippen LogP contribution in [-0.4, -0.2) is 35.0 Å². The Hall–Kier alpha value is -2.30. The van der Waals surface area contributed by atoms with Gasteiger partial charge in [0.05, 0.1) is 35.2 Å². The van der Waals surface area contributed by atoms with E-state index in [-0.39, 0.29) is 0 Å². The van der Waals surface area contributed by atoms with E-state index in [1.54, 1.807) is 23.9 Å². The van der Waals surface area contributed by atoms with E-state index in [1.165, 1.54) is 0 Å². The van der Waals surface area contributed by atoms with E-state index in [0.29, 0.717) is 22.9 Å². The number of hydrogen-bond acceptors (Lipinski definition) is 5. The van der Waals surface area contributed by atoms with Crippen LogP contribution in [0.4, 0.5) is 0 Å². The third-order valence-electron chi connectivity index (χ3n) is 4.65. The van der Waals surface area contributed by atoms with Crippen molar-refractivity contribution < 1.29 is 14.0 Å². The number of nitrogens with zero attached hydrogens (tertiary/aromatic N) is 3. The lowest BCUT2D eigenvalue weighted by Gasteiger charge is -2.32. The van der Waals surface area contributed by atoms with E-state index >= 15 is 0 Å². The number of benzene rings is 1. The normalized spacial score (nSPS) is 18.4. The van der Waals surface area contributed by atoms with Gasteiger partial charge in [0.2, 0.25) is 0 Å². The number of methoxy groups -OCH3 is 1. The van der Waals surface area contributed by atoms with Crippen LogP contribution in [0.15, 0.2) is 30.5 Å². The molecule has 0 atom stereocenters. The largest absolute Gasteiger partial charge is 0.516 e. The number of hydrogen-bond donors (Lipinski definition) is 0. The summed E-state index contributed by atoms with van der Waals surface area (Å²) < 4.78 is 19.2. The van der Waals surface area contributed by atoms with Crippen molar-refractivity contribution in [3.63, 3.8) is 0 Å². The highest BCUT2D eigenvalue weighted by atomic mass is 16.7. The minimum absolute atomic E-state index is 0.377. The Bertz CT molecular complexity index is 792. The van der Waals surface area contributed by atoms with Crippen molar-refractivity contribution in [3.05, 3.63) is 36.0 Å². The van der Waals surface area contributed by atoms with E-state index in [2.05, 4.69) is 11.1 Å². The van der Waals surface area contributed by atoms with E-state index in [9.17, 15) is 5.26 Å². The highest BCUT2D eigenvalue weighted by Crippen LogP contribution is 2.36. The number of nitriles is 1. The molecule has 2 aromatic rings. The van der Waals surface area contributed by atoms with Gasteiger partial charge >= 0.3 is 7.12 Å². The first kappa shape index (κ1) is 16.6. The maximum Gasteiger partial charge on any atom is 0.516 e. The summed E-state index contributed by atoms with van der Waals surface area (Å²) in [4.78, 5) is 4.47. The Kier molecular flexibility index (Phi) is 3.90. The van der Waals surface area contributed by atoms with E-state index in [1.807, 2.05) is 45.9 Å². The fourth-order valence-electron chi connectivity index (χ4n) is 2.55. The van der Waals surface area contributed by atoms with Crippen LogP contribution in [-0.2, 0) is 9.31 Å². The van der Waals surface area contributed by atoms with Crippen LogP contribution in [0.2, 0.25) is 0 Å². The second-order valence-corrected chi connectivity index (χ2v) is 6.74. The van der Waals surface area contributed by atoms with Crippen LogP contribution in [0, 0.1) is 11.3 Å². The molecule has 0 saturated carbocycles. The number of imidazole rings is 1. The second-order valence-electron chi connectivity index (χ2n) is 6.74. The molecule has 24 heavy (non-hydrogen) atoms. The van der Waals surface area contributed by atoms with Crippen molar-refractivity contribution in [2.24, 2.45) is 0 Å². The summed E-state index contributed by atoms with van der Waals surface area (Å²) >= 11 is 0. The van der Waals surface area contributed by atoms with E-state index < -0.39 is 18.3 Å². The van der Waals surface area contributed by atoms with Gasteiger partial charge in [0.1, 0.15) is 6.07 Å². The monoisotopic (exact) mass is 325 g/mol. The molecule has 0 unspecified atom stereocenters. The average Bonchev–Trinajstić information content (AvgIpc) is 3.06. The lowest BCUT2D eigenvalue weighted by Crippen LogP contribution is -2.41. The van der Waals surface area contributed by atoms with Gasteiger partial charge in [-0.15, -0.1) is 0 Å². The maximum absolute atomic E-state index is 9.32. The van der Waals surface area contributed by atoms with Gasteiger partial charge < -0.3 is 14.0 Å². The molecule has 0 spiro atoms. The van der Waals surface area contributed by atoms with Gasteiger partial charge in [-0.1, -0.05) is 12.1 Å². The molecule has 1 fully saturated rings. The molecule has 2 heterocycles. The fraction of sp³-hybridized carbons (Fsp3) is 0.412. The summed E-state index contributed by atoms with van der Waals surface area (Å²) in [5, 5.41) is 9.32. The van der Waals surface area contributed by atoms with Crippen LogP contribution >= 0.6 is 0 Å². The highest BCUT2D eigenvalue weighted by Gasteiger charge is 2.52. The summed E-state index contributed by atoms with van der Waals surface area (Å²) in [7, 11) is 0.960. The minimum atomic E-state index is -0.584. The highest BCUT2D eigenvalue weighted by molar-refractivity contribution is 6.61. The molecular formula is C17H20BN3O3. The Morgan fingerprint density at radius 2 is 1.79 bits per heavy atom. The number of rotatable bonds is 3. The molecule has 0 radical (unpaired) electrons. The molecule has 0 amide bonds. The molecule has 3 rings (SSSR count). The van der Waals surface area contributed by atoms with Gasteiger partial charge in [0.15, 0.2) is 0 Å². The Morgan fingerprint density at radius 1 is 1.17 bits per heavy atom. The number of aromatic nitrogens is 2. The van der Waals surface area contributed by atoms with E-state index in [4.69, 9.17) is 14.0 Å². The standard InChI is InChI=1S/C17H20BN3O3/c1-16(2)17(3,4)24-18(23-16)14-11-21(15(20-14)22-5)13-9-7-6-8-12(13)10-19/h6-9,11H,1-5H3. The predicted octanol–water partition coefficient (Wildman–Crippen LogP) is 2.05. The first-order valence-corrected chi connectivity index (χ1v) is 7.77. The molecule has 1 aliphatic heterocycles. The summed E-state index contributed by atoms with van der Waals surface area (Å²) in [6, 6.07) is 9.84. The third kappa shape index (κ3) is 2.58. The van der Waals surface area contributed by atoms with Gasteiger partial charge in [-0.3, -0.25) is 4.57 Å². The van der Waals surface area contributed by atoms with Gasteiger partial charge in [0.25, 0.3) is 6.01 Å². The first-order chi connectivity index (χ1) is 11.3. The predicted molar refractivity (Wildman–Crippen MR) is 90.5 cm³/mol. The number of para-hydroxylation sites is 1. The van der Waals surface area contributed by atoms with Crippen LogP contribution in [0.25, 0.3) is 5.69 Å². The first-order valence-electron chi connectivity index (χ1n) is 7.77. The van der Waals surface area contributed by atoms with Crippen molar-refractivity contribution in [2.45, 2.75) is 38.9 Å². The molecule has 7 heteroatoms. The quantitative estimate of drug-likeness (QED) is 0.808. The van der Waals surface area contributed by atoms with Crippen LogP contribution in [0.1, 0.15) is 33.3 Å². The second kappa shape index (κ2) is 5.65. The van der Waals surface area contributed by atoms with Crippen LogP contribution < -0.4 is 10.3 Å². The topological polar surface area (TPSA) is 69.3 Å². The Labute approximate surface area is 142 Å². The summed E-state index contributed by atoms with van der Waals surface area (Å²) in [5.74, 6) is 0. The Morgan fingerprint density at radius 3 is 2.38 bits per heavy atom. The molecule has 1 aromatic carbocycles. The van der Waals surface area contributed by atoms with Gasteiger partial charge in [-0.25, -0.2) is 4.98 Å². The molecule has 1 saturated heterocycles. The zero-order chi connectivity index (χ0) is 17.5.